The molecule has 4 N–H and O–H groups in total. The number of phenols is 4. The SMILES string of the molecule is O=C1C[C@@H]2[C@@H]3C(=O)c4c(O)cccc4[C@]4(C3=O)c3ccc(O)c5c(O)ccc(c35)[C@@]24c2cccc(O)c21. The Balaban J connectivity index is 1.71. The molecule has 2 bridgehead atoms. The molecule has 0 aliphatic heterocycles. The third-order valence-corrected chi connectivity index (χ3v) is 9.27. The first-order valence-corrected chi connectivity index (χ1v) is 12.0. The van der Waals surface area contributed by atoms with E-state index in [4.69, 9.17) is 0 Å². The Bertz CT molecular complexity index is 1830. The highest BCUT2D eigenvalue weighted by molar-refractivity contribution is 6.28. The summed E-state index contributed by atoms with van der Waals surface area (Å²) in [5.74, 6) is -4.06. The van der Waals surface area contributed by atoms with Crippen molar-refractivity contribution in [2.24, 2.45) is 11.8 Å². The molecular formula is C30H18O7. The summed E-state index contributed by atoms with van der Waals surface area (Å²) in [5.41, 5.74) is -0.839. The van der Waals surface area contributed by atoms with Crippen LogP contribution >= 0.6 is 0 Å². The van der Waals surface area contributed by atoms with E-state index in [0.29, 0.717) is 27.6 Å². The fraction of sp³-hybridized carbons (Fsp3) is 0.167. The van der Waals surface area contributed by atoms with Crippen LogP contribution in [0.25, 0.3) is 10.8 Å². The number of aromatic hydroxyl groups is 4. The predicted molar refractivity (Wildman–Crippen MR) is 130 cm³/mol. The van der Waals surface area contributed by atoms with E-state index < -0.39 is 28.4 Å². The van der Waals surface area contributed by atoms with Crippen LogP contribution in [0.5, 0.6) is 23.0 Å². The molecule has 1 fully saturated rings. The van der Waals surface area contributed by atoms with E-state index in [0.717, 1.165) is 0 Å². The zero-order valence-electron chi connectivity index (χ0n) is 19.1. The van der Waals surface area contributed by atoms with Gasteiger partial charge in [-0.15, -0.1) is 0 Å². The van der Waals surface area contributed by atoms with Gasteiger partial charge in [0.15, 0.2) is 17.3 Å². The molecule has 0 heterocycles. The van der Waals surface area contributed by atoms with Crippen molar-refractivity contribution in [1.29, 1.82) is 0 Å². The fourth-order valence-electron chi connectivity index (χ4n) is 8.33. The highest BCUT2D eigenvalue weighted by Gasteiger charge is 2.80. The summed E-state index contributed by atoms with van der Waals surface area (Å²) in [6, 6.07) is 15.6. The number of benzene rings is 4. The molecule has 2 spiro atoms. The van der Waals surface area contributed by atoms with Crippen molar-refractivity contribution < 1.29 is 34.8 Å². The molecule has 1 saturated carbocycles. The molecular weight excluding hydrogens is 472 g/mol. The van der Waals surface area contributed by atoms with Crippen LogP contribution in [0.1, 0.15) is 49.4 Å². The van der Waals surface area contributed by atoms with Gasteiger partial charge in [-0.25, -0.2) is 0 Å². The van der Waals surface area contributed by atoms with E-state index >= 15 is 0 Å². The largest absolute Gasteiger partial charge is 0.507 e. The summed E-state index contributed by atoms with van der Waals surface area (Å²) < 4.78 is 0. The summed E-state index contributed by atoms with van der Waals surface area (Å²) in [5, 5.41) is 44.0. The van der Waals surface area contributed by atoms with E-state index in [1.807, 2.05) is 0 Å². The van der Waals surface area contributed by atoms with Gasteiger partial charge in [0.1, 0.15) is 23.0 Å². The Morgan fingerprint density at radius 2 is 1.24 bits per heavy atom. The summed E-state index contributed by atoms with van der Waals surface area (Å²) in [4.78, 5) is 42.1. The molecule has 4 aliphatic rings. The summed E-state index contributed by atoms with van der Waals surface area (Å²) in [6.45, 7) is 0. The van der Waals surface area contributed by atoms with Gasteiger partial charge in [-0.05, 0) is 57.8 Å². The molecule has 37 heavy (non-hydrogen) atoms. The molecule has 4 aliphatic carbocycles. The van der Waals surface area contributed by atoms with Gasteiger partial charge in [-0.1, -0.05) is 36.4 Å². The van der Waals surface area contributed by atoms with Gasteiger partial charge in [-0.2, -0.15) is 0 Å². The highest BCUT2D eigenvalue weighted by Crippen LogP contribution is 2.75. The number of phenolic OH excluding ortho intramolecular Hbond substituents is 4. The summed E-state index contributed by atoms with van der Waals surface area (Å²) >= 11 is 0. The van der Waals surface area contributed by atoms with E-state index in [-0.39, 0.29) is 57.5 Å². The number of rotatable bonds is 0. The second-order valence-corrected chi connectivity index (χ2v) is 10.4. The topological polar surface area (TPSA) is 132 Å². The maximum atomic E-state index is 14.7. The van der Waals surface area contributed by atoms with E-state index in [1.165, 1.54) is 24.3 Å². The number of hydrogen-bond donors (Lipinski definition) is 4. The van der Waals surface area contributed by atoms with E-state index in [9.17, 15) is 34.8 Å². The quantitative estimate of drug-likeness (QED) is 0.275. The van der Waals surface area contributed by atoms with Crippen LogP contribution in [0.3, 0.4) is 0 Å². The maximum absolute atomic E-state index is 14.7. The molecule has 7 heteroatoms. The molecule has 180 valence electrons. The number of carbonyl (C=O) groups is 3. The first-order valence-electron chi connectivity index (χ1n) is 12.0. The lowest BCUT2D eigenvalue weighted by Gasteiger charge is -2.47. The lowest BCUT2D eigenvalue weighted by Crippen LogP contribution is -2.53. The number of hydrogen-bond acceptors (Lipinski definition) is 7. The number of Topliss-reactive ketones (excluding diaryl/α,β-unsaturated/α-hetero) is 3. The number of ketones is 3. The Morgan fingerprint density at radius 3 is 1.95 bits per heavy atom. The van der Waals surface area contributed by atoms with Gasteiger partial charge in [0.2, 0.25) is 0 Å². The van der Waals surface area contributed by atoms with Crippen LogP contribution in [-0.4, -0.2) is 37.8 Å². The highest BCUT2D eigenvalue weighted by atomic mass is 16.3. The summed E-state index contributed by atoms with van der Waals surface area (Å²) in [7, 11) is 0. The van der Waals surface area contributed by atoms with Gasteiger partial charge in [-0.3, -0.25) is 14.4 Å². The normalized spacial score (nSPS) is 28.2. The second-order valence-electron chi connectivity index (χ2n) is 10.4. The van der Waals surface area contributed by atoms with Crippen LogP contribution in [-0.2, 0) is 15.6 Å². The minimum atomic E-state index is -1.53. The van der Waals surface area contributed by atoms with Crippen LogP contribution in [0.4, 0.5) is 0 Å². The van der Waals surface area contributed by atoms with Crippen molar-refractivity contribution in [2.75, 3.05) is 0 Å². The smallest absolute Gasteiger partial charge is 0.177 e. The molecule has 4 atom stereocenters. The molecule has 7 nitrogen and oxygen atoms in total. The Hall–Kier alpha value is -4.65. The average molecular weight is 490 g/mol. The molecule has 0 aromatic heterocycles. The lowest BCUT2D eigenvalue weighted by atomic mass is 9.51. The minimum Gasteiger partial charge on any atom is -0.507 e. The third-order valence-electron chi connectivity index (χ3n) is 9.27. The average Bonchev–Trinajstić information content (AvgIpc) is 3.21. The molecule has 8 rings (SSSR count). The number of carbonyl (C=O) groups excluding carboxylic acids is 3. The maximum Gasteiger partial charge on any atom is 0.177 e. The fourth-order valence-corrected chi connectivity index (χ4v) is 8.33. The van der Waals surface area contributed by atoms with E-state index in [2.05, 4.69) is 0 Å². The molecule has 0 saturated heterocycles. The van der Waals surface area contributed by atoms with Crippen molar-refractivity contribution in [3.63, 3.8) is 0 Å². The van der Waals surface area contributed by atoms with Gasteiger partial charge in [0.25, 0.3) is 0 Å². The van der Waals surface area contributed by atoms with Crippen LogP contribution in [0, 0.1) is 11.8 Å². The molecule has 0 radical (unpaired) electrons. The van der Waals surface area contributed by atoms with Gasteiger partial charge < -0.3 is 20.4 Å². The Morgan fingerprint density at radius 1 is 0.622 bits per heavy atom. The van der Waals surface area contributed by atoms with Crippen molar-refractivity contribution in [1.82, 2.24) is 0 Å². The zero-order chi connectivity index (χ0) is 25.6. The zero-order valence-corrected chi connectivity index (χ0v) is 19.1. The van der Waals surface area contributed by atoms with Gasteiger partial charge >= 0.3 is 0 Å². The Labute approximate surface area is 209 Å². The Kier molecular flexibility index (Phi) is 3.33. The standard InChI is InChI=1S/C30H18O7/c31-17-5-1-3-12-23(17)21(35)11-16-25-27(36)24-13(4-2-6-18(24)32)30(28(25)37)15-8-10-20(34)26-19(33)9-7-14(22(15)26)29(12,16)30/h1-10,16,25,31-34H,11H2/t16-,25-,29+,30-/m1/s1. The first kappa shape index (κ1) is 20.5. The number of fused-ring (bicyclic) bond motifs is 4. The van der Waals surface area contributed by atoms with Crippen LogP contribution in [0.2, 0.25) is 0 Å². The molecule has 4 aromatic carbocycles. The van der Waals surface area contributed by atoms with Gasteiger partial charge in [0.05, 0.1) is 27.8 Å². The molecule has 0 unspecified atom stereocenters. The van der Waals surface area contributed by atoms with Gasteiger partial charge in [0, 0.05) is 11.8 Å². The molecule has 4 aromatic rings. The predicted octanol–water partition coefficient (Wildman–Crippen LogP) is 3.85. The van der Waals surface area contributed by atoms with Crippen molar-refractivity contribution in [2.45, 2.75) is 17.3 Å². The van der Waals surface area contributed by atoms with Crippen molar-refractivity contribution >= 4 is 28.1 Å². The van der Waals surface area contributed by atoms with Crippen molar-refractivity contribution in [3.05, 3.63) is 94.0 Å². The van der Waals surface area contributed by atoms with Crippen LogP contribution < -0.4 is 0 Å². The van der Waals surface area contributed by atoms with Crippen molar-refractivity contribution in [3.8, 4) is 23.0 Å². The molecule has 0 amide bonds. The first-order chi connectivity index (χ1) is 17.8. The second kappa shape index (κ2) is 6.00. The van der Waals surface area contributed by atoms with Crippen LogP contribution in [0.15, 0.2) is 60.7 Å². The lowest BCUT2D eigenvalue weighted by molar-refractivity contribution is -0.124. The minimum absolute atomic E-state index is 0.0493. The third kappa shape index (κ3) is 1.80. The summed E-state index contributed by atoms with van der Waals surface area (Å²) in [6.07, 6.45) is -0.161. The van der Waals surface area contributed by atoms with E-state index in [1.54, 1.807) is 36.4 Å². The monoisotopic (exact) mass is 490 g/mol.